The van der Waals surface area contributed by atoms with Crippen LogP contribution in [0, 0.1) is 0 Å². The highest BCUT2D eigenvalue weighted by Gasteiger charge is 2.34. The molecule has 1 saturated heterocycles. The third-order valence-electron chi connectivity index (χ3n) is 6.58. The molecule has 1 aliphatic heterocycles. The minimum absolute atomic E-state index is 0.0307. The number of morpholine rings is 1. The number of nitrogens with one attached hydrogen (secondary N) is 1. The standard InChI is InChI=1S/C29H34N6O3S/c1-29(2,3)30-28(37)27(21-10-12-22(13-11-21)33-14-16-38-17-15-33)34(19-23-7-6-18-39-23)26(36)20-35-25-9-5-4-8-24(25)31-32-35/h4-13,18,27H,14-17,19-20H2,1-3H3,(H,30,37)/t27-/m0/s1. The summed E-state index contributed by atoms with van der Waals surface area (Å²) in [6.45, 7) is 9.12. The highest BCUT2D eigenvalue weighted by atomic mass is 32.1. The molecule has 1 aliphatic rings. The third kappa shape index (κ3) is 6.46. The van der Waals surface area contributed by atoms with Crippen molar-refractivity contribution in [3.8, 4) is 0 Å². The summed E-state index contributed by atoms with van der Waals surface area (Å²) in [4.78, 5) is 32.8. The number of aromatic nitrogens is 3. The number of hydrogen-bond acceptors (Lipinski definition) is 7. The van der Waals surface area contributed by atoms with Crippen molar-refractivity contribution in [2.24, 2.45) is 0 Å². The minimum Gasteiger partial charge on any atom is -0.378 e. The maximum Gasteiger partial charge on any atom is 0.247 e. The first-order valence-electron chi connectivity index (χ1n) is 13.1. The number of anilines is 1. The summed E-state index contributed by atoms with van der Waals surface area (Å²) >= 11 is 1.56. The summed E-state index contributed by atoms with van der Waals surface area (Å²) in [6, 6.07) is 18.6. The van der Waals surface area contributed by atoms with Gasteiger partial charge in [0, 0.05) is 29.2 Å². The Morgan fingerprint density at radius 1 is 1.05 bits per heavy atom. The number of rotatable bonds is 8. The lowest BCUT2D eigenvalue weighted by atomic mass is 10.0. The molecule has 39 heavy (non-hydrogen) atoms. The fourth-order valence-electron chi connectivity index (χ4n) is 4.75. The fraction of sp³-hybridized carbons (Fsp3) is 0.379. The minimum atomic E-state index is -0.827. The van der Waals surface area contributed by atoms with Gasteiger partial charge in [-0.2, -0.15) is 0 Å². The van der Waals surface area contributed by atoms with Crippen molar-refractivity contribution >= 4 is 39.9 Å². The normalized spacial score (nSPS) is 14.8. The molecule has 0 spiro atoms. The van der Waals surface area contributed by atoms with E-state index in [0.717, 1.165) is 40.3 Å². The molecule has 1 fully saturated rings. The van der Waals surface area contributed by atoms with Crippen LogP contribution in [0.1, 0.15) is 37.3 Å². The number of hydrogen-bond donors (Lipinski definition) is 1. The van der Waals surface area contributed by atoms with Crippen LogP contribution in [0.25, 0.3) is 11.0 Å². The second-order valence-electron chi connectivity index (χ2n) is 10.7. The average Bonchev–Trinajstić information content (AvgIpc) is 3.58. The Morgan fingerprint density at radius 3 is 2.49 bits per heavy atom. The summed E-state index contributed by atoms with van der Waals surface area (Å²) in [5, 5.41) is 13.5. The van der Waals surface area contributed by atoms with Gasteiger partial charge in [-0.15, -0.1) is 16.4 Å². The highest BCUT2D eigenvalue weighted by molar-refractivity contribution is 7.09. The molecule has 3 heterocycles. The smallest absolute Gasteiger partial charge is 0.247 e. The summed E-state index contributed by atoms with van der Waals surface area (Å²) in [7, 11) is 0. The van der Waals surface area contributed by atoms with Gasteiger partial charge < -0.3 is 19.9 Å². The second-order valence-corrected chi connectivity index (χ2v) is 11.7. The number of thiophene rings is 1. The molecule has 0 saturated carbocycles. The maximum atomic E-state index is 14.0. The summed E-state index contributed by atoms with van der Waals surface area (Å²) < 4.78 is 7.09. The van der Waals surface area contributed by atoms with Crippen LogP contribution >= 0.6 is 11.3 Å². The lowest BCUT2D eigenvalue weighted by Gasteiger charge is -2.34. The van der Waals surface area contributed by atoms with Gasteiger partial charge in [-0.1, -0.05) is 35.5 Å². The zero-order chi connectivity index (χ0) is 27.4. The molecule has 0 unspecified atom stereocenters. The first-order valence-corrected chi connectivity index (χ1v) is 14.0. The highest BCUT2D eigenvalue weighted by Crippen LogP contribution is 2.29. The van der Waals surface area contributed by atoms with E-state index in [1.54, 1.807) is 20.9 Å². The lowest BCUT2D eigenvalue weighted by molar-refractivity contribution is -0.142. The molecule has 204 valence electrons. The van der Waals surface area contributed by atoms with Crippen LogP contribution in [0.2, 0.25) is 0 Å². The van der Waals surface area contributed by atoms with E-state index in [0.29, 0.717) is 19.8 Å². The molecule has 1 atom stereocenters. The molecule has 0 bridgehead atoms. The number of carbonyl (C=O) groups is 2. The van der Waals surface area contributed by atoms with Crippen molar-refractivity contribution in [2.75, 3.05) is 31.2 Å². The molecule has 2 amide bonds. The number of amides is 2. The molecular formula is C29H34N6O3S. The molecular weight excluding hydrogens is 512 g/mol. The second kappa shape index (κ2) is 11.5. The summed E-state index contributed by atoms with van der Waals surface area (Å²) in [5.41, 5.74) is 2.84. The Balaban J connectivity index is 1.50. The number of carbonyl (C=O) groups excluding carboxylic acids is 2. The number of nitrogens with zero attached hydrogens (tertiary/aromatic N) is 5. The van der Waals surface area contributed by atoms with E-state index in [2.05, 4.69) is 20.5 Å². The van der Waals surface area contributed by atoms with Crippen LogP contribution < -0.4 is 10.2 Å². The quantitative estimate of drug-likeness (QED) is 0.359. The summed E-state index contributed by atoms with van der Waals surface area (Å²) in [5.74, 6) is -0.444. The van der Waals surface area contributed by atoms with Gasteiger partial charge in [0.25, 0.3) is 0 Å². The topological polar surface area (TPSA) is 92.6 Å². The van der Waals surface area contributed by atoms with Gasteiger partial charge in [0.2, 0.25) is 11.8 Å². The molecule has 10 heteroatoms. The SMILES string of the molecule is CC(C)(C)NC(=O)[C@H](c1ccc(N2CCOCC2)cc1)N(Cc1cccs1)C(=O)Cn1nnc2ccccc21. The van der Waals surface area contributed by atoms with Gasteiger partial charge >= 0.3 is 0 Å². The average molecular weight is 547 g/mol. The van der Waals surface area contributed by atoms with E-state index >= 15 is 0 Å². The molecule has 2 aromatic carbocycles. The molecule has 2 aromatic heterocycles. The van der Waals surface area contributed by atoms with E-state index in [9.17, 15) is 9.59 Å². The van der Waals surface area contributed by atoms with Gasteiger partial charge in [0.15, 0.2) is 0 Å². The van der Waals surface area contributed by atoms with E-state index in [4.69, 9.17) is 4.74 Å². The lowest BCUT2D eigenvalue weighted by Crippen LogP contribution is -2.49. The van der Waals surface area contributed by atoms with Crippen molar-refractivity contribution in [3.63, 3.8) is 0 Å². The van der Waals surface area contributed by atoms with E-state index in [-0.39, 0.29) is 18.4 Å². The Kier molecular flexibility index (Phi) is 7.94. The predicted octanol–water partition coefficient (Wildman–Crippen LogP) is 4.01. The van der Waals surface area contributed by atoms with Crippen LogP contribution in [-0.4, -0.2) is 63.6 Å². The van der Waals surface area contributed by atoms with E-state index < -0.39 is 11.6 Å². The monoisotopic (exact) mass is 546 g/mol. The first kappa shape index (κ1) is 26.8. The maximum absolute atomic E-state index is 14.0. The van der Waals surface area contributed by atoms with Gasteiger partial charge in [0.1, 0.15) is 18.1 Å². The van der Waals surface area contributed by atoms with Crippen LogP contribution in [0.15, 0.2) is 66.0 Å². The molecule has 4 aromatic rings. The molecule has 5 rings (SSSR count). The summed E-state index contributed by atoms with van der Waals surface area (Å²) in [6.07, 6.45) is 0. The van der Waals surface area contributed by atoms with Gasteiger partial charge in [0.05, 0.1) is 25.3 Å². The molecule has 1 N–H and O–H groups in total. The number of para-hydroxylation sites is 1. The van der Waals surface area contributed by atoms with Crippen molar-refractivity contribution in [3.05, 3.63) is 76.5 Å². The van der Waals surface area contributed by atoms with E-state index in [1.165, 1.54) is 0 Å². The Bertz CT molecular complexity index is 1410. The van der Waals surface area contributed by atoms with Crippen molar-refractivity contribution < 1.29 is 14.3 Å². The zero-order valence-electron chi connectivity index (χ0n) is 22.5. The van der Waals surface area contributed by atoms with Crippen LogP contribution in [0.3, 0.4) is 0 Å². The van der Waals surface area contributed by atoms with Crippen LogP contribution in [0.5, 0.6) is 0 Å². The number of benzene rings is 2. The van der Waals surface area contributed by atoms with Crippen LogP contribution in [-0.2, 0) is 27.4 Å². The largest absolute Gasteiger partial charge is 0.378 e. The van der Waals surface area contributed by atoms with Crippen LogP contribution in [0.4, 0.5) is 5.69 Å². The fourth-order valence-corrected chi connectivity index (χ4v) is 5.45. The van der Waals surface area contributed by atoms with Gasteiger partial charge in [-0.3, -0.25) is 9.59 Å². The Labute approximate surface area is 232 Å². The third-order valence-corrected chi connectivity index (χ3v) is 7.44. The molecule has 9 nitrogen and oxygen atoms in total. The Morgan fingerprint density at radius 2 is 1.79 bits per heavy atom. The van der Waals surface area contributed by atoms with Crippen molar-refractivity contribution in [2.45, 2.75) is 45.4 Å². The predicted molar refractivity (Wildman–Crippen MR) is 153 cm³/mol. The van der Waals surface area contributed by atoms with Gasteiger partial charge in [-0.05, 0) is 62.0 Å². The van der Waals surface area contributed by atoms with Crippen molar-refractivity contribution in [1.29, 1.82) is 0 Å². The molecule has 0 radical (unpaired) electrons. The van der Waals surface area contributed by atoms with Crippen molar-refractivity contribution in [1.82, 2.24) is 25.2 Å². The first-order chi connectivity index (χ1) is 18.8. The Hall–Kier alpha value is -3.76. The van der Waals surface area contributed by atoms with Gasteiger partial charge in [-0.25, -0.2) is 4.68 Å². The number of ether oxygens (including phenoxy) is 1. The zero-order valence-corrected chi connectivity index (χ0v) is 23.4. The number of fused-ring (bicyclic) bond motifs is 1. The molecule has 0 aliphatic carbocycles. The van der Waals surface area contributed by atoms with E-state index in [1.807, 2.05) is 86.8 Å².